The Morgan fingerprint density at radius 1 is 1.16 bits per heavy atom. The fourth-order valence-corrected chi connectivity index (χ4v) is 4.41. The number of halogens is 1. The standard InChI is InChI=1S/C23H21BrN2O4S/c1-3-30-23(27)25-15-13-19(24)17-21(25)14-16-26(20-7-5-4-6-8-20)31(28,29)22-11-9-18(2)10-12-22/h4-13,15,17,21H,3H2,1-2H3. The molecule has 1 aliphatic heterocycles. The molecule has 0 saturated carbocycles. The van der Waals surface area contributed by atoms with Crippen LogP contribution in [0.5, 0.6) is 0 Å². The van der Waals surface area contributed by atoms with Crippen molar-refractivity contribution in [3.63, 3.8) is 0 Å². The molecule has 0 spiro atoms. The Bertz CT molecular complexity index is 1160. The molecule has 8 heteroatoms. The number of para-hydroxylation sites is 1. The molecule has 6 nitrogen and oxygen atoms in total. The summed E-state index contributed by atoms with van der Waals surface area (Å²) in [6.45, 7) is 3.81. The molecule has 1 heterocycles. The number of aryl methyl sites for hydroxylation is 1. The highest BCUT2D eigenvalue weighted by Gasteiger charge is 2.26. The molecule has 2 aromatic rings. The van der Waals surface area contributed by atoms with Crippen LogP contribution in [-0.4, -0.2) is 32.1 Å². The molecule has 160 valence electrons. The van der Waals surface area contributed by atoms with Gasteiger partial charge in [0.25, 0.3) is 10.0 Å². The molecule has 0 radical (unpaired) electrons. The smallest absolute Gasteiger partial charge is 0.415 e. The van der Waals surface area contributed by atoms with Crippen molar-refractivity contribution in [3.8, 4) is 12.0 Å². The fourth-order valence-electron chi connectivity index (χ4n) is 2.78. The van der Waals surface area contributed by atoms with E-state index < -0.39 is 22.2 Å². The molecule has 0 aliphatic carbocycles. The molecule has 0 bridgehead atoms. The van der Waals surface area contributed by atoms with Crippen LogP contribution in [0.25, 0.3) is 0 Å². The molecule has 1 amide bonds. The lowest BCUT2D eigenvalue weighted by Crippen LogP contribution is -2.36. The van der Waals surface area contributed by atoms with Crippen molar-refractivity contribution < 1.29 is 17.9 Å². The van der Waals surface area contributed by atoms with E-state index in [1.165, 1.54) is 4.90 Å². The van der Waals surface area contributed by atoms with Gasteiger partial charge in [0.05, 0.1) is 17.2 Å². The highest BCUT2D eigenvalue weighted by molar-refractivity contribution is 9.11. The summed E-state index contributed by atoms with van der Waals surface area (Å²) in [6, 6.07) is 17.2. The number of anilines is 1. The quantitative estimate of drug-likeness (QED) is 0.447. The molecule has 1 aliphatic rings. The van der Waals surface area contributed by atoms with Crippen LogP contribution < -0.4 is 4.31 Å². The highest BCUT2D eigenvalue weighted by atomic mass is 79.9. The first kappa shape index (κ1) is 22.7. The van der Waals surface area contributed by atoms with Crippen molar-refractivity contribution in [3.05, 3.63) is 83.0 Å². The molecule has 0 fully saturated rings. The number of carbonyl (C=O) groups excluding carboxylic acids is 1. The zero-order chi connectivity index (χ0) is 22.4. The van der Waals surface area contributed by atoms with Gasteiger partial charge in [-0.1, -0.05) is 51.8 Å². The van der Waals surface area contributed by atoms with E-state index >= 15 is 0 Å². The second-order valence-electron chi connectivity index (χ2n) is 6.59. The van der Waals surface area contributed by atoms with Gasteiger partial charge in [0.15, 0.2) is 0 Å². The lowest BCUT2D eigenvalue weighted by molar-refractivity contribution is 0.120. The molecular weight excluding hydrogens is 480 g/mol. The van der Waals surface area contributed by atoms with Gasteiger partial charge >= 0.3 is 6.09 Å². The van der Waals surface area contributed by atoms with Gasteiger partial charge in [-0.3, -0.25) is 4.90 Å². The van der Waals surface area contributed by atoms with Gasteiger partial charge in [0.2, 0.25) is 0 Å². The summed E-state index contributed by atoms with van der Waals surface area (Å²) in [5.41, 5.74) is 1.35. The normalized spacial score (nSPS) is 15.5. The minimum Gasteiger partial charge on any atom is -0.449 e. The Hall–Kier alpha value is -3.02. The van der Waals surface area contributed by atoms with Crippen LogP contribution in [0.4, 0.5) is 10.5 Å². The summed E-state index contributed by atoms with van der Waals surface area (Å²) in [5.74, 6) is 2.89. The summed E-state index contributed by atoms with van der Waals surface area (Å²) >= 11 is 3.38. The van der Waals surface area contributed by atoms with Crippen molar-refractivity contribution in [2.45, 2.75) is 24.8 Å². The molecule has 2 aromatic carbocycles. The highest BCUT2D eigenvalue weighted by Crippen LogP contribution is 2.24. The number of benzene rings is 2. The molecule has 0 aromatic heterocycles. The van der Waals surface area contributed by atoms with Crippen LogP contribution in [-0.2, 0) is 14.8 Å². The maximum absolute atomic E-state index is 13.4. The number of hydrogen-bond donors (Lipinski definition) is 0. The van der Waals surface area contributed by atoms with Gasteiger partial charge in [0, 0.05) is 16.7 Å². The summed E-state index contributed by atoms with van der Waals surface area (Å²) in [6.07, 6.45) is 4.36. The maximum atomic E-state index is 13.4. The second kappa shape index (κ2) is 9.86. The number of ether oxygens (including phenoxy) is 1. The van der Waals surface area contributed by atoms with E-state index in [0.29, 0.717) is 5.69 Å². The predicted molar refractivity (Wildman–Crippen MR) is 124 cm³/mol. The molecular formula is C23H21BrN2O4S. The third kappa shape index (κ3) is 5.37. The van der Waals surface area contributed by atoms with Gasteiger partial charge in [-0.2, -0.15) is 4.31 Å². The van der Waals surface area contributed by atoms with Gasteiger partial charge in [-0.05, 0) is 56.2 Å². The Labute approximate surface area is 191 Å². The first-order valence-electron chi connectivity index (χ1n) is 9.52. The van der Waals surface area contributed by atoms with Crippen LogP contribution in [0.1, 0.15) is 12.5 Å². The average molecular weight is 501 g/mol. The van der Waals surface area contributed by atoms with E-state index in [0.717, 1.165) is 14.4 Å². The van der Waals surface area contributed by atoms with Crippen molar-refractivity contribution >= 4 is 37.7 Å². The fraction of sp³-hybridized carbons (Fsp3) is 0.174. The van der Waals surface area contributed by atoms with Crippen LogP contribution in [0.2, 0.25) is 0 Å². The molecule has 0 saturated heterocycles. The zero-order valence-electron chi connectivity index (χ0n) is 17.0. The first-order valence-corrected chi connectivity index (χ1v) is 11.7. The Balaban J connectivity index is 2.04. The minimum atomic E-state index is -3.96. The van der Waals surface area contributed by atoms with Crippen LogP contribution in [0.3, 0.4) is 0 Å². The minimum absolute atomic E-state index is 0.124. The van der Waals surface area contributed by atoms with E-state index in [9.17, 15) is 13.2 Å². The molecule has 1 atom stereocenters. The summed E-state index contributed by atoms with van der Waals surface area (Å²) in [5, 5.41) is 0. The molecule has 31 heavy (non-hydrogen) atoms. The number of rotatable bonds is 4. The number of carbonyl (C=O) groups is 1. The average Bonchev–Trinajstić information content (AvgIpc) is 2.75. The molecule has 0 N–H and O–H groups in total. The Morgan fingerprint density at radius 2 is 1.84 bits per heavy atom. The largest absolute Gasteiger partial charge is 0.449 e. The third-order valence-corrected chi connectivity index (χ3v) is 6.53. The van der Waals surface area contributed by atoms with E-state index in [4.69, 9.17) is 4.74 Å². The number of hydrogen-bond acceptors (Lipinski definition) is 4. The Morgan fingerprint density at radius 3 is 2.48 bits per heavy atom. The van der Waals surface area contributed by atoms with Crippen molar-refractivity contribution in [1.82, 2.24) is 4.90 Å². The van der Waals surface area contributed by atoms with Crippen molar-refractivity contribution in [1.29, 1.82) is 0 Å². The summed E-state index contributed by atoms with van der Waals surface area (Å²) < 4.78 is 33.6. The van der Waals surface area contributed by atoms with Crippen LogP contribution >= 0.6 is 15.9 Å². The number of allylic oxidation sites excluding steroid dienone is 2. The van der Waals surface area contributed by atoms with E-state index in [1.54, 1.807) is 79.9 Å². The molecule has 3 rings (SSSR count). The molecule has 1 unspecified atom stereocenters. The lowest BCUT2D eigenvalue weighted by atomic mass is 10.2. The number of nitrogens with zero attached hydrogens (tertiary/aromatic N) is 2. The van der Waals surface area contributed by atoms with E-state index in [-0.39, 0.29) is 11.5 Å². The predicted octanol–water partition coefficient (Wildman–Crippen LogP) is 4.78. The van der Waals surface area contributed by atoms with Crippen molar-refractivity contribution in [2.24, 2.45) is 0 Å². The SMILES string of the molecule is CCOC(=O)N1C=CC(Br)=CC1C#CN(c1ccccc1)S(=O)(=O)c1ccc(C)cc1. The Kier molecular flexibility index (Phi) is 7.21. The lowest BCUT2D eigenvalue weighted by Gasteiger charge is -2.25. The maximum Gasteiger partial charge on any atom is 0.415 e. The van der Waals surface area contributed by atoms with Gasteiger partial charge in [-0.15, -0.1) is 0 Å². The first-order chi connectivity index (χ1) is 14.8. The van der Waals surface area contributed by atoms with Crippen LogP contribution in [0, 0.1) is 18.9 Å². The topological polar surface area (TPSA) is 66.9 Å². The van der Waals surface area contributed by atoms with Crippen LogP contribution in [0.15, 0.2) is 82.3 Å². The monoisotopic (exact) mass is 500 g/mol. The van der Waals surface area contributed by atoms with Gasteiger partial charge < -0.3 is 4.74 Å². The van der Waals surface area contributed by atoms with Gasteiger partial charge in [0.1, 0.15) is 6.04 Å². The number of amides is 1. The third-order valence-electron chi connectivity index (χ3n) is 4.35. The number of sulfonamides is 1. The zero-order valence-corrected chi connectivity index (χ0v) is 19.4. The van der Waals surface area contributed by atoms with E-state index in [1.807, 2.05) is 6.92 Å². The van der Waals surface area contributed by atoms with Gasteiger partial charge in [-0.25, -0.2) is 13.2 Å². The summed E-state index contributed by atoms with van der Waals surface area (Å²) in [4.78, 5) is 13.7. The second-order valence-corrected chi connectivity index (χ2v) is 9.29. The van der Waals surface area contributed by atoms with E-state index in [2.05, 4.69) is 27.9 Å². The van der Waals surface area contributed by atoms with Crippen molar-refractivity contribution in [2.75, 3.05) is 10.9 Å². The summed E-state index contributed by atoms with van der Waals surface area (Å²) in [7, 11) is -3.96.